The molecule has 0 saturated carbocycles. The van der Waals surface area contributed by atoms with Gasteiger partial charge in [0.2, 0.25) is 0 Å². The molecule has 1 N–H and O–H groups in total. The molecule has 4 aromatic rings. The van der Waals surface area contributed by atoms with Crippen molar-refractivity contribution in [3.8, 4) is 0 Å². The minimum atomic E-state index is -0.0801. The van der Waals surface area contributed by atoms with E-state index in [1.54, 1.807) is 22.2 Å². The highest BCUT2D eigenvalue weighted by Crippen LogP contribution is 2.36. The Morgan fingerprint density at radius 3 is 2.92 bits per heavy atom. The minimum absolute atomic E-state index is 0.0573. The molecule has 0 bridgehead atoms. The van der Waals surface area contributed by atoms with E-state index in [2.05, 4.69) is 25.0 Å². The van der Waals surface area contributed by atoms with Crippen LogP contribution >= 0.6 is 23.1 Å². The Morgan fingerprint density at radius 1 is 1.32 bits per heavy atom. The summed E-state index contributed by atoms with van der Waals surface area (Å²) in [6.45, 7) is 5.98. The van der Waals surface area contributed by atoms with Crippen LogP contribution in [0.15, 0.2) is 22.3 Å². The summed E-state index contributed by atoms with van der Waals surface area (Å²) in [5.41, 5.74) is 1.71. The van der Waals surface area contributed by atoms with Crippen LogP contribution in [0.25, 0.3) is 21.3 Å². The third-order valence-corrected chi connectivity index (χ3v) is 6.45. The number of hydrogen-bond acceptors (Lipinski definition) is 7. The molecule has 4 heterocycles. The van der Waals surface area contributed by atoms with Gasteiger partial charge in [0.15, 0.2) is 5.65 Å². The third kappa shape index (κ3) is 2.63. The van der Waals surface area contributed by atoms with Gasteiger partial charge in [-0.05, 0) is 26.3 Å². The number of H-pyrrole nitrogens is 1. The Morgan fingerprint density at radius 2 is 2.12 bits per heavy atom. The normalized spacial score (nSPS) is 13.0. The predicted molar refractivity (Wildman–Crippen MR) is 100 cm³/mol. The highest BCUT2D eigenvalue weighted by Gasteiger charge is 2.18. The molecule has 0 aromatic carbocycles. The molecule has 0 radical (unpaired) electrons. The Bertz CT molecular complexity index is 1160. The lowest BCUT2D eigenvalue weighted by Crippen LogP contribution is -2.12. The first kappa shape index (κ1) is 16.2. The highest BCUT2D eigenvalue weighted by atomic mass is 32.2. The fraction of sp³-hybridized carbons (Fsp3) is 0.312. The molecule has 0 aliphatic rings. The molecule has 25 heavy (non-hydrogen) atoms. The lowest BCUT2D eigenvalue weighted by atomic mass is 10.2. The van der Waals surface area contributed by atoms with Gasteiger partial charge in [-0.3, -0.25) is 9.48 Å². The molecule has 0 aliphatic carbocycles. The van der Waals surface area contributed by atoms with Crippen LogP contribution in [0, 0.1) is 13.8 Å². The van der Waals surface area contributed by atoms with Crippen molar-refractivity contribution < 1.29 is 0 Å². The zero-order valence-electron chi connectivity index (χ0n) is 14.2. The number of nitrogens with zero attached hydrogens (tertiary/aromatic N) is 5. The summed E-state index contributed by atoms with van der Waals surface area (Å²) < 4.78 is 1.72. The zero-order valence-corrected chi connectivity index (χ0v) is 15.8. The molecule has 0 fully saturated rings. The average molecular weight is 372 g/mol. The molecular weight excluding hydrogens is 356 g/mol. The molecule has 0 saturated heterocycles. The predicted octanol–water partition coefficient (Wildman–Crippen LogP) is 3.13. The molecule has 0 aliphatic heterocycles. The van der Waals surface area contributed by atoms with Crippen molar-refractivity contribution >= 4 is 44.3 Å². The third-order valence-electron chi connectivity index (χ3n) is 4.22. The minimum Gasteiger partial charge on any atom is -0.309 e. The van der Waals surface area contributed by atoms with E-state index < -0.39 is 0 Å². The van der Waals surface area contributed by atoms with E-state index in [-0.39, 0.29) is 10.8 Å². The molecule has 7 nitrogen and oxygen atoms in total. The summed E-state index contributed by atoms with van der Waals surface area (Å²) in [6, 6.07) is 0. The molecule has 0 amide bonds. The van der Waals surface area contributed by atoms with E-state index in [0.29, 0.717) is 11.2 Å². The Labute approximate surface area is 151 Å². The number of aromatic nitrogens is 6. The summed E-state index contributed by atoms with van der Waals surface area (Å²) in [5.74, 6) is 0.652. The molecule has 4 rings (SSSR count). The second kappa shape index (κ2) is 5.92. The van der Waals surface area contributed by atoms with Crippen LogP contribution in [0.2, 0.25) is 0 Å². The molecule has 0 spiro atoms. The number of thiophene rings is 1. The van der Waals surface area contributed by atoms with Gasteiger partial charge in [-0.1, -0.05) is 11.8 Å². The summed E-state index contributed by atoms with van der Waals surface area (Å²) >= 11 is 3.09. The number of rotatable bonds is 3. The van der Waals surface area contributed by atoms with Crippen molar-refractivity contribution in [3.63, 3.8) is 0 Å². The van der Waals surface area contributed by atoms with Gasteiger partial charge in [0, 0.05) is 11.9 Å². The largest absolute Gasteiger partial charge is 0.309 e. The van der Waals surface area contributed by atoms with Crippen molar-refractivity contribution in [2.75, 3.05) is 0 Å². The first-order chi connectivity index (χ1) is 12.0. The highest BCUT2D eigenvalue weighted by molar-refractivity contribution is 7.99. The van der Waals surface area contributed by atoms with Crippen LogP contribution in [0.1, 0.15) is 28.4 Å². The lowest BCUT2D eigenvalue weighted by molar-refractivity contribution is 0.784. The van der Waals surface area contributed by atoms with E-state index in [9.17, 15) is 4.79 Å². The number of hydrogen-bond donors (Lipinski definition) is 1. The van der Waals surface area contributed by atoms with Crippen LogP contribution in [0.4, 0.5) is 0 Å². The fourth-order valence-corrected chi connectivity index (χ4v) is 4.70. The van der Waals surface area contributed by atoms with Crippen LogP contribution in [-0.2, 0) is 7.05 Å². The summed E-state index contributed by atoms with van der Waals surface area (Å²) in [4.78, 5) is 30.6. The fourth-order valence-electron chi connectivity index (χ4n) is 2.72. The van der Waals surface area contributed by atoms with Gasteiger partial charge in [0.25, 0.3) is 5.56 Å². The maximum Gasteiger partial charge on any atom is 0.259 e. The number of aromatic amines is 1. The topological polar surface area (TPSA) is 89.3 Å². The van der Waals surface area contributed by atoms with Gasteiger partial charge in [-0.15, -0.1) is 11.3 Å². The van der Waals surface area contributed by atoms with E-state index in [0.717, 1.165) is 31.3 Å². The van der Waals surface area contributed by atoms with E-state index in [4.69, 9.17) is 0 Å². The van der Waals surface area contributed by atoms with Crippen molar-refractivity contribution in [2.45, 2.75) is 31.0 Å². The quantitative estimate of drug-likeness (QED) is 0.439. The Hall–Kier alpha value is -2.26. The number of fused-ring (bicyclic) bond motifs is 2. The zero-order chi connectivity index (χ0) is 17.7. The van der Waals surface area contributed by atoms with Gasteiger partial charge in [0.1, 0.15) is 22.0 Å². The van der Waals surface area contributed by atoms with E-state index in [1.807, 2.05) is 27.8 Å². The molecule has 128 valence electrons. The van der Waals surface area contributed by atoms with Gasteiger partial charge in [0.05, 0.1) is 22.2 Å². The Kier molecular flexibility index (Phi) is 3.84. The van der Waals surface area contributed by atoms with Crippen LogP contribution in [-0.4, -0.2) is 29.7 Å². The SMILES string of the molecule is Cc1sc2nc(C(C)Sc3ncnc4c3cnn4C)[nH]c(=O)c2c1C. The molecule has 1 atom stereocenters. The van der Waals surface area contributed by atoms with Gasteiger partial charge in [-0.25, -0.2) is 15.0 Å². The number of thioether (sulfide) groups is 1. The number of nitrogens with one attached hydrogen (secondary N) is 1. The van der Waals surface area contributed by atoms with Crippen molar-refractivity contribution in [2.24, 2.45) is 7.05 Å². The molecule has 4 aromatic heterocycles. The maximum absolute atomic E-state index is 12.5. The molecular formula is C16H16N6OS2. The monoisotopic (exact) mass is 372 g/mol. The van der Waals surface area contributed by atoms with Gasteiger partial charge in [-0.2, -0.15) is 5.10 Å². The number of aryl methyl sites for hydroxylation is 3. The molecule has 1 unspecified atom stereocenters. The second-order valence-electron chi connectivity index (χ2n) is 5.86. The van der Waals surface area contributed by atoms with Crippen molar-refractivity contribution in [1.29, 1.82) is 0 Å². The van der Waals surface area contributed by atoms with Crippen LogP contribution in [0.5, 0.6) is 0 Å². The Balaban J connectivity index is 1.74. The summed E-state index contributed by atoms with van der Waals surface area (Å²) in [6.07, 6.45) is 3.29. The lowest BCUT2D eigenvalue weighted by Gasteiger charge is -2.10. The van der Waals surface area contributed by atoms with Crippen molar-refractivity contribution in [3.05, 3.63) is 39.1 Å². The van der Waals surface area contributed by atoms with Gasteiger partial charge >= 0.3 is 0 Å². The van der Waals surface area contributed by atoms with E-state index >= 15 is 0 Å². The smallest absolute Gasteiger partial charge is 0.259 e. The van der Waals surface area contributed by atoms with Gasteiger partial charge < -0.3 is 4.98 Å². The standard InChI is InChI=1S/C16H16N6OS2/c1-7-8(2)24-16-11(7)14(23)20-12(21-16)9(3)25-15-10-5-19-22(4)13(10)17-6-18-15/h5-6,9H,1-4H3,(H,20,21,23). The summed E-state index contributed by atoms with van der Waals surface area (Å²) in [5, 5.41) is 6.59. The molecule has 9 heteroatoms. The summed E-state index contributed by atoms with van der Waals surface area (Å²) in [7, 11) is 1.85. The second-order valence-corrected chi connectivity index (χ2v) is 8.39. The van der Waals surface area contributed by atoms with Crippen molar-refractivity contribution in [1.82, 2.24) is 29.7 Å². The van der Waals surface area contributed by atoms with E-state index in [1.165, 1.54) is 18.1 Å². The maximum atomic E-state index is 12.5. The first-order valence-corrected chi connectivity index (χ1v) is 9.44. The van der Waals surface area contributed by atoms with Crippen LogP contribution in [0.3, 0.4) is 0 Å². The first-order valence-electron chi connectivity index (χ1n) is 7.75. The van der Waals surface area contributed by atoms with Crippen LogP contribution < -0.4 is 5.56 Å². The average Bonchev–Trinajstić information content (AvgIpc) is 3.09.